The summed E-state index contributed by atoms with van der Waals surface area (Å²) >= 11 is 3.10. The molecule has 3 N–H and O–H groups in total. The highest BCUT2D eigenvalue weighted by Crippen LogP contribution is 2.34. The zero-order chi connectivity index (χ0) is 18.2. The second-order valence-electron chi connectivity index (χ2n) is 5.39. The van der Waals surface area contributed by atoms with Crippen LogP contribution in [0.2, 0.25) is 0 Å². The summed E-state index contributed by atoms with van der Waals surface area (Å²) < 4.78 is 0.277. The number of phenols is 2. The highest BCUT2D eigenvalue weighted by atomic mass is 79.9. The first-order valence-corrected chi connectivity index (χ1v) is 8.46. The molecule has 25 heavy (non-hydrogen) atoms. The zero-order valence-corrected chi connectivity index (χ0v) is 15.0. The minimum Gasteiger partial charge on any atom is -0.504 e. The molecular weight excluding hydrogens is 384 g/mol. The number of phenolic OH excluding ortho intramolecular Hbond substituents is 2. The van der Waals surface area contributed by atoms with Gasteiger partial charge in [-0.2, -0.15) is 5.26 Å². The fraction of sp³-hybridized carbons (Fsp3) is 0.158. The van der Waals surface area contributed by atoms with Gasteiger partial charge >= 0.3 is 0 Å². The van der Waals surface area contributed by atoms with Gasteiger partial charge in [0.25, 0.3) is 5.91 Å². The molecule has 0 heterocycles. The van der Waals surface area contributed by atoms with Crippen molar-refractivity contribution in [3.05, 3.63) is 63.6 Å². The summed E-state index contributed by atoms with van der Waals surface area (Å²) in [6.45, 7) is 0.456. The predicted octanol–water partition coefficient (Wildman–Crippen LogP) is 3.52. The fourth-order valence-electron chi connectivity index (χ4n) is 2.24. The van der Waals surface area contributed by atoms with Crippen LogP contribution in [0.4, 0.5) is 0 Å². The minimum atomic E-state index is -0.473. The van der Waals surface area contributed by atoms with E-state index in [1.54, 1.807) is 0 Å². The number of aromatic hydroxyl groups is 2. The summed E-state index contributed by atoms with van der Waals surface area (Å²) in [5, 5.41) is 31.0. The lowest BCUT2D eigenvalue weighted by Crippen LogP contribution is -2.25. The molecule has 0 atom stereocenters. The van der Waals surface area contributed by atoms with Gasteiger partial charge in [-0.3, -0.25) is 4.79 Å². The molecule has 0 aliphatic rings. The summed E-state index contributed by atoms with van der Waals surface area (Å²) in [6.07, 6.45) is 2.96. The van der Waals surface area contributed by atoms with E-state index < -0.39 is 5.91 Å². The normalized spacial score (nSPS) is 11.0. The number of carbonyl (C=O) groups excluding carboxylic acids is 1. The minimum absolute atomic E-state index is 0.0725. The van der Waals surface area contributed by atoms with E-state index in [1.165, 1.54) is 23.8 Å². The van der Waals surface area contributed by atoms with Gasteiger partial charge in [0.1, 0.15) is 11.6 Å². The van der Waals surface area contributed by atoms with Gasteiger partial charge in [0, 0.05) is 6.54 Å². The summed E-state index contributed by atoms with van der Waals surface area (Å²) in [5.74, 6) is -1.10. The Labute approximate surface area is 154 Å². The van der Waals surface area contributed by atoms with Crippen LogP contribution in [-0.4, -0.2) is 22.7 Å². The van der Waals surface area contributed by atoms with Crippen LogP contribution in [0, 0.1) is 11.3 Å². The Bertz CT molecular complexity index is 803. The maximum atomic E-state index is 12.1. The summed E-state index contributed by atoms with van der Waals surface area (Å²) in [4.78, 5) is 12.1. The molecule has 0 radical (unpaired) electrons. The average Bonchev–Trinajstić information content (AvgIpc) is 2.61. The fourth-order valence-corrected chi connectivity index (χ4v) is 2.71. The van der Waals surface area contributed by atoms with Crippen molar-refractivity contribution in [3.8, 4) is 17.6 Å². The summed E-state index contributed by atoms with van der Waals surface area (Å²) in [6, 6.07) is 14.6. The molecule has 128 valence electrons. The Kier molecular flexibility index (Phi) is 6.61. The van der Waals surface area contributed by atoms with Crippen molar-refractivity contribution >= 4 is 27.9 Å². The largest absolute Gasteiger partial charge is 0.504 e. The number of nitrogens with one attached hydrogen (secondary N) is 1. The number of hydrogen-bond donors (Lipinski definition) is 3. The maximum Gasteiger partial charge on any atom is 0.261 e. The van der Waals surface area contributed by atoms with E-state index in [-0.39, 0.29) is 21.5 Å². The third kappa shape index (κ3) is 5.37. The van der Waals surface area contributed by atoms with Crippen LogP contribution in [0.5, 0.6) is 11.5 Å². The van der Waals surface area contributed by atoms with Crippen molar-refractivity contribution < 1.29 is 15.0 Å². The molecule has 2 rings (SSSR count). The third-order valence-corrected chi connectivity index (χ3v) is 4.12. The highest BCUT2D eigenvalue weighted by Gasteiger charge is 2.11. The smallest absolute Gasteiger partial charge is 0.261 e. The second-order valence-corrected chi connectivity index (χ2v) is 6.24. The van der Waals surface area contributed by atoms with E-state index in [2.05, 4.69) is 21.2 Å². The van der Waals surface area contributed by atoms with E-state index in [0.29, 0.717) is 12.1 Å². The van der Waals surface area contributed by atoms with Gasteiger partial charge in [-0.25, -0.2) is 0 Å². The lowest BCUT2D eigenvalue weighted by atomic mass is 10.1. The number of benzene rings is 2. The predicted molar refractivity (Wildman–Crippen MR) is 98.8 cm³/mol. The second kappa shape index (κ2) is 8.90. The van der Waals surface area contributed by atoms with Gasteiger partial charge in [-0.15, -0.1) is 0 Å². The van der Waals surface area contributed by atoms with E-state index >= 15 is 0 Å². The Morgan fingerprint density at radius 2 is 1.96 bits per heavy atom. The van der Waals surface area contributed by atoms with Gasteiger partial charge in [-0.05, 0) is 58.1 Å². The van der Waals surface area contributed by atoms with Crippen LogP contribution in [0.3, 0.4) is 0 Å². The monoisotopic (exact) mass is 400 g/mol. The van der Waals surface area contributed by atoms with Crippen LogP contribution in [0.1, 0.15) is 17.5 Å². The standard InChI is InChI=1S/C19H17BrN2O3/c20-16-10-14(11-17(23)18(16)24)9-15(12-21)19(25)22-8-4-7-13-5-2-1-3-6-13/h1-3,5-6,9-11,23-24H,4,7-8H2,(H,22,25)/b15-9-. The lowest BCUT2D eigenvalue weighted by molar-refractivity contribution is -0.117. The molecule has 0 unspecified atom stereocenters. The van der Waals surface area contributed by atoms with E-state index in [0.717, 1.165) is 12.8 Å². The van der Waals surface area contributed by atoms with Crippen LogP contribution in [0.15, 0.2) is 52.5 Å². The number of carbonyl (C=O) groups is 1. The molecule has 5 nitrogen and oxygen atoms in total. The molecule has 6 heteroatoms. The van der Waals surface area contributed by atoms with Gasteiger partial charge in [-0.1, -0.05) is 30.3 Å². The topological polar surface area (TPSA) is 93.3 Å². The average molecular weight is 401 g/mol. The van der Waals surface area contributed by atoms with Crippen molar-refractivity contribution in [2.75, 3.05) is 6.54 Å². The number of nitriles is 1. The molecular formula is C19H17BrN2O3. The van der Waals surface area contributed by atoms with Gasteiger partial charge in [0.15, 0.2) is 11.5 Å². The molecule has 1 amide bonds. The lowest BCUT2D eigenvalue weighted by Gasteiger charge is -2.06. The van der Waals surface area contributed by atoms with Crippen molar-refractivity contribution in [1.82, 2.24) is 5.32 Å². The molecule has 0 bridgehead atoms. The summed E-state index contributed by atoms with van der Waals surface area (Å²) in [5.41, 5.74) is 1.55. The third-order valence-electron chi connectivity index (χ3n) is 3.51. The first kappa shape index (κ1) is 18.6. The molecule has 0 spiro atoms. The summed E-state index contributed by atoms with van der Waals surface area (Å²) in [7, 11) is 0. The molecule has 0 fully saturated rings. The Hall–Kier alpha value is -2.78. The van der Waals surface area contributed by atoms with Crippen molar-refractivity contribution in [2.45, 2.75) is 12.8 Å². The van der Waals surface area contributed by atoms with Gasteiger partial charge in [0.05, 0.1) is 4.47 Å². The van der Waals surface area contributed by atoms with Crippen LogP contribution < -0.4 is 5.32 Å². The molecule has 0 saturated carbocycles. The number of amides is 1. The number of rotatable bonds is 6. The SMILES string of the molecule is N#C/C(=C/c1cc(O)c(O)c(Br)c1)C(=O)NCCCc1ccccc1. The zero-order valence-electron chi connectivity index (χ0n) is 13.4. The molecule has 2 aromatic rings. The van der Waals surface area contributed by atoms with E-state index in [1.807, 2.05) is 36.4 Å². The highest BCUT2D eigenvalue weighted by molar-refractivity contribution is 9.10. The number of halogens is 1. The number of nitrogens with zero attached hydrogens (tertiary/aromatic N) is 1. The van der Waals surface area contributed by atoms with Crippen molar-refractivity contribution in [1.29, 1.82) is 5.26 Å². The molecule has 0 aliphatic carbocycles. The maximum absolute atomic E-state index is 12.1. The Morgan fingerprint density at radius 1 is 1.24 bits per heavy atom. The van der Waals surface area contributed by atoms with E-state index in [4.69, 9.17) is 0 Å². The van der Waals surface area contributed by atoms with Crippen LogP contribution in [0.25, 0.3) is 6.08 Å². The first-order valence-electron chi connectivity index (χ1n) is 7.66. The van der Waals surface area contributed by atoms with Crippen molar-refractivity contribution in [2.24, 2.45) is 0 Å². The van der Waals surface area contributed by atoms with E-state index in [9.17, 15) is 20.3 Å². The molecule has 2 aromatic carbocycles. The number of aryl methyl sites for hydroxylation is 1. The number of hydrogen-bond acceptors (Lipinski definition) is 4. The van der Waals surface area contributed by atoms with Crippen LogP contribution in [-0.2, 0) is 11.2 Å². The van der Waals surface area contributed by atoms with Crippen LogP contribution >= 0.6 is 15.9 Å². The first-order chi connectivity index (χ1) is 12.0. The van der Waals surface area contributed by atoms with Gasteiger partial charge < -0.3 is 15.5 Å². The van der Waals surface area contributed by atoms with Gasteiger partial charge in [0.2, 0.25) is 0 Å². The quantitative estimate of drug-likeness (QED) is 0.299. The molecule has 0 aromatic heterocycles. The molecule has 0 aliphatic heterocycles. The Morgan fingerprint density at radius 3 is 2.60 bits per heavy atom. The van der Waals surface area contributed by atoms with Crippen molar-refractivity contribution in [3.63, 3.8) is 0 Å². The molecule has 0 saturated heterocycles. The Balaban J connectivity index is 1.95.